The number of benzene rings is 1. The predicted octanol–water partition coefficient (Wildman–Crippen LogP) is 2.11. The lowest BCUT2D eigenvalue weighted by molar-refractivity contribution is 0.0973. The molecule has 0 aliphatic heterocycles. The average molecular weight is 279 g/mol. The van der Waals surface area contributed by atoms with E-state index < -0.39 is 0 Å². The monoisotopic (exact) mass is 279 g/mol. The Bertz CT molecular complexity index is 439. The minimum absolute atomic E-state index is 0.165. The molecule has 1 rings (SSSR count). The second-order valence-corrected chi connectivity index (χ2v) is 4.76. The van der Waals surface area contributed by atoms with E-state index in [-0.39, 0.29) is 5.91 Å². The van der Waals surface area contributed by atoms with Crippen LogP contribution < -0.4 is 10.2 Å². The molecule has 1 aromatic carbocycles. The van der Waals surface area contributed by atoms with Crippen molar-refractivity contribution in [3.05, 3.63) is 29.8 Å². The molecule has 0 spiro atoms. The highest BCUT2D eigenvalue weighted by atomic mass is 32.1. The molecule has 1 N–H and O–H groups in total. The highest BCUT2D eigenvalue weighted by Gasteiger charge is 2.11. The topological polar surface area (TPSA) is 35.6 Å². The van der Waals surface area contributed by atoms with E-state index in [9.17, 15) is 4.79 Å². The van der Waals surface area contributed by atoms with Crippen LogP contribution in [-0.2, 0) is 0 Å². The van der Waals surface area contributed by atoms with Crippen molar-refractivity contribution in [3.8, 4) is 0 Å². The molecule has 0 atom stereocenters. The van der Waals surface area contributed by atoms with Gasteiger partial charge < -0.3 is 9.80 Å². The number of rotatable bonds is 4. The summed E-state index contributed by atoms with van der Waals surface area (Å²) in [6, 6.07) is 7.43. The van der Waals surface area contributed by atoms with Crippen molar-refractivity contribution in [2.75, 3.05) is 32.1 Å². The number of nitrogens with zero attached hydrogens (tertiary/aromatic N) is 2. The molecule has 0 fully saturated rings. The Kier molecular flexibility index (Phi) is 5.76. The standard InChI is InChI=1S/C14H21N3OS/c1-5-17(6-2)14(19)15-13(18)11-7-9-12(10-8-11)16(3)4/h7-10H,5-6H2,1-4H3,(H,15,18,19). The van der Waals surface area contributed by atoms with Crippen LogP contribution in [0, 0.1) is 0 Å². The quantitative estimate of drug-likeness (QED) is 0.856. The van der Waals surface area contributed by atoms with Crippen LogP contribution in [0.4, 0.5) is 5.69 Å². The van der Waals surface area contributed by atoms with Crippen LogP contribution in [0.3, 0.4) is 0 Å². The Hall–Kier alpha value is -1.62. The third kappa shape index (κ3) is 4.21. The number of amides is 1. The lowest BCUT2D eigenvalue weighted by Crippen LogP contribution is -2.42. The van der Waals surface area contributed by atoms with Crippen LogP contribution in [0.1, 0.15) is 24.2 Å². The lowest BCUT2D eigenvalue weighted by atomic mass is 10.2. The van der Waals surface area contributed by atoms with Crippen molar-refractivity contribution in [2.24, 2.45) is 0 Å². The van der Waals surface area contributed by atoms with E-state index in [1.54, 1.807) is 12.1 Å². The zero-order valence-corrected chi connectivity index (χ0v) is 12.8. The molecule has 4 nitrogen and oxygen atoms in total. The Morgan fingerprint density at radius 3 is 2.11 bits per heavy atom. The molecule has 0 saturated carbocycles. The van der Waals surface area contributed by atoms with Crippen LogP contribution in [0.25, 0.3) is 0 Å². The van der Waals surface area contributed by atoms with Gasteiger partial charge in [-0.15, -0.1) is 0 Å². The fraction of sp³-hybridized carbons (Fsp3) is 0.429. The van der Waals surface area contributed by atoms with Crippen LogP contribution in [-0.4, -0.2) is 43.1 Å². The molecule has 0 heterocycles. The fourth-order valence-corrected chi connectivity index (χ4v) is 2.02. The van der Waals surface area contributed by atoms with E-state index in [0.717, 1.165) is 18.8 Å². The minimum Gasteiger partial charge on any atom is -0.378 e. The second kappa shape index (κ2) is 7.09. The molecule has 0 aliphatic rings. The molecule has 1 aromatic rings. The Labute approximate surface area is 120 Å². The largest absolute Gasteiger partial charge is 0.378 e. The van der Waals surface area contributed by atoms with Gasteiger partial charge in [0.05, 0.1) is 0 Å². The van der Waals surface area contributed by atoms with Gasteiger partial charge in [-0.25, -0.2) is 0 Å². The molecule has 5 heteroatoms. The van der Waals surface area contributed by atoms with Crippen molar-refractivity contribution >= 4 is 28.9 Å². The van der Waals surface area contributed by atoms with Crippen LogP contribution in [0.15, 0.2) is 24.3 Å². The molecule has 0 radical (unpaired) electrons. The first kappa shape index (κ1) is 15.4. The van der Waals surface area contributed by atoms with Crippen molar-refractivity contribution in [1.29, 1.82) is 0 Å². The van der Waals surface area contributed by atoms with Gasteiger partial charge in [0.1, 0.15) is 0 Å². The number of nitrogens with one attached hydrogen (secondary N) is 1. The van der Waals surface area contributed by atoms with E-state index >= 15 is 0 Å². The number of hydrogen-bond acceptors (Lipinski definition) is 3. The highest BCUT2D eigenvalue weighted by Crippen LogP contribution is 2.12. The van der Waals surface area contributed by atoms with Gasteiger partial charge in [-0.3, -0.25) is 10.1 Å². The molecule has 0 aromatic heterocycles. The van der Waals surface area contributed by atoms with E-state index in [0.29, 0.717) is 10.7 Å². The van der Waals surface area contributed by atoms with Gasteiger partial charge in [0.2, 0.25) is 0 Å². The van der Waals surface area contributed by atoms with E-state index in [2.05, 4.69) is 5.32 Å². The summed E-state index contributed by atoms with van der Waals surface area (Å²) in [5.41, 5.74) is 1.67. The molecular weight excluding hydrogens is 258 g/mol. The number of thiocarbonyl (C=S) groups is 1. The third-order valence-electron chi connectivity index (χ3n) is 2.92. The zero-order chi connectivity index (χ0) is 14.4. The number of carbonyl (C=O) groups is 1. The van der Waals surface area contributed by atoms with Gasteiger partial charge >= 0.3 is 0 Å². The Morgan fingerprint density at radius 2 is 1.68 bits per heavy atom. The summed E-state index contributed by atoms with van der Waals surface area (Å²) in [6.45, 7) is 5.59. The summed E-state index contributed by atoms with van der Waals surface area (Å²) in [6.07, 6.45) is 0. The van der Waals surface area contributed by atoms with Crippen molar-refractivity contribution in [3.63, 3.8) is 0 Å². The maximum atomic E-state index is 12.0. The highest BCUT2D eigenvalue weighted by molar-refractivity contribution is 7.80. The summed E-state index contributed by atoms with van der Waals surface area (Å²) in [4.78, 5) is 16.0. The third-order valence-corrected chi connectivity index (χ3v) is 3.28. The van der Waals surface area contributed by atoms with E-state index in [1.807, 2.05) is 49.9 Å². The van der Waals surface area contributed by atoms with Crippen molar-refractivity contribution < 1.29 is 4.79 Å². The normalized spacial score (nSPS) is 9.89. The smallest absolute Gasteiger partial charge is 0.257 e. The van der Waals surface area contributed by atoms with Crippen LogP contribution >= 0.6 is 12.2 Å². The maximum Gasteiger partial charge on any atom is 0.257 e. The van der Waals surface area contributed by atoms with Gasteiger partial charge in [0, 0.05) is 38.4 Å². The summed E-state index contributed by atoms with van der Waals surface area (Å²) in [7, 11) is 3.93. The average Bonchev–Trinajstić information content (AvgIpc) is 2.40. The number of carbonyl (C=O) groups excluding carboxylic acids is 1. The summed E-state index contributed by atoms with van der Waals surface area (Å²) < 4.78 is 0. The van der Waals surface area contributed by atoms with Gasteiger partial charge in [-0.2, -0.15) is 0 Å². The van der Waals surface area contributed by atoms with Gasteiger partial charge in [-0.1, -0.05) is 0 Å². The zero-order valence-electron chi connectivity index (χ0n) is 11.9. The first-order valence-electron chi connectivity index (χ1n) is 6.37. The number of anilines is 1. The summed E-state index contributed by atoms with van der Waals surface area (Å²) >= 11 is 5.20. The molecule has 104 valence electrons. The Morgan fingerprint density at radius 1 is 1.16 bits per heavy atom. The molecular formula is C14H21N3OS. The van der Waals surface area contributed by atoms with Crippen LogP contribution in [0.5, 0.6) is 0 Å². The molecule has 0 unspecified atom stereocenters. The first-order chi connectivity index (χ1) is 8.99. The molecule has 0 bridgehead atoms. The van der Waals surface area contributed by atoms with Gasteiger partial charge in [-0.05, 0) is 50.3 Å². The fourth-order valence-electron chi connectivity index (χ4n) is 1.67. The second-order valence-electron chi connectivity index (χ2n) is 4.37. The molecule has 19 heavy (non-hydrogen) atoms. The lowest BCUT2D eigenvalue weighted by Gasteiger charge is -2.21. The van der Waals surface area contributed by atoms with Gasteiger partial charge in [0.15, 0.2) is 5.11 Å². The van der Waals surface area contributed by atoms with E-state index in [4.69, 9.17) is 12.2 Å². The molecule has 1 amide bonds. The summed E-state index contributed by atoms with van der Waals surface area (Å²) in [5, 5.41) is 3.23. The van der Waals surface area contributed by atoms with E-state index in [1.165, 1.54) is 0 Å². The maximum absolute atomic E-state index is 12.0. The SMILES string of the molecule is CCN(CC)C(=S)NC(=O)c1ccc(N(C)C)cc1. The first-order valence-corrected chi connectivity index (χ1v) is 6.78. The van der Waals surface area contributed by atoms with Crippen LogP contribution in [0.2, 0.25) is 0 Å². The van der Waals surface area contributed by atoms with Crippen molar-refractivity contribution in [1.82, 2.24) is 10.2 Å². The molecule has 0 saturated heterocycles. The Balaban J connectivity index is 2.70. The molecule has 0 aliphatic carbocycles. The minimum atomic E-state index is -0.165. The summed E-state index contributed by atoms with van der Waals surface area (Å²) in [5.74, 6) is -0.165. The number of hydrogen-bond donors (Lipinski definition) is 1. The predicted molar refractivity (Wildman–Crippen MR) is 83.8 cm³/mol. The van der Waals surface area contributed by atoms with Crippen molar-refractivity contribution in [2.45, 2.75) is 13.8 Å². The van der Waals surface area contributed by atoms with Gasteiger partial charge in [0.25, 0.3) is 5.91 Å².